The SMILES string of the molecule is CCCCCC1C(=O)NCCN1C(=O)OCc1ccccc1. The molecule has 1 atom stereocenters. The summed E-state index contributed by atoms with van der Waals surface area (Å²) in [5.41, 5.74) is 0.944. The van der Waals surface area contributed by atoms with Crippen molar-refractivity contribution >= 4 is 12.0 Å². The highest BCUT2D eigenvalue weighted by Gasteiger charge is 2.33. The third kappa shape index (κ3) is 4.48. The average molecular weight is 304 g/mol. The average Bonchev–Trinajstić information content (AvgIpc) is 2.55. The van der Waals surface area contributed by atoms with Gasteiger partial charge in [-0.15, -0.1) is 0 Å². The summed E-state index contributed by atoms with van der Waals surface area (Å²) in [6.07, 6.45) is 3.39. The molecule has 0 aliphatic carbocycles. The molecule has 5 heteroatoms. The number of amides is 2. The van der Waals surface area contributed by atoms with Crippen LogP contribution in [0.2, 0.25) is 0 Å². The van der Waals surface area contributed by atoms with Crippen LogP contribution in [0.1, 0.15) is 38.2 Å². The van der Waals surface area contributed by atoms with E-state index in [1.54, 1.807) is 4.90 Å². The van der Waals surface area contributed by atoms with Gasteiger partial charge in [0.1, 0.15) is 12.6 Å². The molecule has 0 spiro atoms. The van der Waals surface area contributed by atoms with Crippen molar-refractivity contribution in [1.29, 1.82) is 0 Å². The molecule has 120 valence electrons. The minimum absolute atomic E-state index is 0.0704. The van der Waals surface area contributed by atoms with E-state index in [0.29, 0.717) is 19.5 Å². The first-order valence-electron chi connectivity index (χ1n) is 7.97. The predicted molar refractivity (Wildman–Crippen MR) is 84.3 cm³/mol. The molecule has 1 heterocycles. The molecule has 2 amide bonds. The Morgan fingerprint density at radius 2 is 2.09 bits per heavy atom. The summed E-state index contributed by atoms with van der Waals surface area (Å²) >= 11 is 0. The number of hydrogen-bond donors (Lipinski definition) is 1. The number of unbranched alkanes of at least 4 members (excludes halogenated alkanes) is 2. The predicted octanol–water partition coefficient (Wildman–Crippen LogP) is 2.70. The lowest BCUT2D eigenvalue weighted by Gasteiger charge is -2.34. The van der Waals surface area contributed by atoms with Gasteiger partial charge in [-0.2, -0.15) is 0 Å². The fourth-order valence-electron chi connectivity index (χ4n) is 2.61. The zero-order valence-electron chi connectivity index (χ0n) is 13.1. The van der Waals surface area contributed by atoms with Crippen LogP contribution >= 0.6 is 0 Å². The van der Waals surface area contributed by atoms with E-state index in [4.69, 9.17) is 4.74 Å². The Hall–Kier alpha value is -2.04. The summed E-state index contributed by atoms with van der Waals surface area (Å²) in [4.78, 5) is 25.9. The van der Waals surface area contributed by atoms with E-state index < -0.39 is 12.1 Å². The van der Waals surface area contributed by atoms with Gasteiger partial charge in [0.2, 0.25) is 5.91 Å². The molecule has 5 nitrogen and oxygen atoms in total. The Balaban J connectivity index is 1.91. The van der Waals surface area contributed by atoms with Crippen LogP contribution in [-0.4, -0.2) is 36.0 Å². The van der Waals surface area contributed by atoms with Crippen molar-refractivity contribution in [3.63, 3.8) is 0 Å². The second-order valence-electron chi connectivity index (χ2n) is 5.54. The fourth-order valence-corrected chi connectivity index (χ4v) is 2.61. The first kappa shape index (κ1) is 16.3. The van der Waals surface area contributed by atoms with Crippen molar-refractivity contribution < 1.29 is 14.3 Å². The second kappa shape index (κ2) is 8.41. The number of ether oxygens (including phenoxy) is 1. The van der Waals surface area contributed by atoms with E-state index in [1.165, 1.54) is 0 Å². The summed E-state index contributed by atoms with van der Waals surface area (Å²) in [6, 6.07) is 9.16. The van der Waals surface area contributed by atoms with Gasteiger partial charge in [-0.05, 0) is 12.0 Å². The molecular formula is C17H24N2O3. The van der Waals surface area contributed by atoms with E-state index in [-0.39, 0.29) is 12.5 Å². The van der Waals surface area contributed by atoms with Gasteiger partial charge in [-0.1, -0.05) is 56.5 Å². The fraction of sp³-hybridized carbons (Fsp3) is 0.529. The molecule has 1 aliphatic rings. The van der Waals surface area contributed by atoms with Crippen molar-refractivity contribution in [3.8, 4) is 0 Å². The van der Waals surface area contributed by atoms with Crippen LogP contribution in [0.15, 0.2) is 30.3 Å². The van der Waals surface area contributed by atoms with Crippen LogP contribution in [0, 0.1) is 0 Å². The Morgan fingerprint density at radius 3 is 2.82 bits per heavy atom. The number of carbonyl (C=O) groups excluding carboxylic acids is 2. The van der Waals surface area contributed by atoms with Crippen LogP contribution in [0.4, 0.5) is 4.79 Å². The lowest BCUT2D eigenvalue weighted by atomic mass is 10.0. The van der Waals surface area contributed by atoms with Crippen LogP contribution in [0.3, 0.4) is 0 Å². The summed E-state index contributed by atoms with van der Waals surface area (Å²) in [6.45, 7) is 3.35. The molecule has 0 aromatic heterocycles. The first-order chi connectivity index (χ1) is 10.7. The lowest BCUT2D eigenvalue weighted by molar-refractivity contribution is -0.128. The minimum Gasteiger partial charge on any atom is -0.445 e. The Kier molecular flexibility index (Phi) is 6.25. The van der Waals surface area contributed by atoms with Gasteiger partial charge in [-0.3, -0.25) is 9.69 Å². The molecule has 22 heavy (non-hydrogen) atoms. The number of hydrogen-bond acceptors (Lipinski definition) is 3. The third-order valence-electron chi connectivity index (χ3n) is 3.85. The van der Waals surface area contributed by atoms with E-state index in [2.05, 4.69) is 12.2 Å². The summed E-state index contributed by atoms with van der Waals surface area (Å²) < 4.78 is 5.36. The molecule has 2 rings (SSSR count). The first-order valence-corrected chi connectivity index (χ1v) is 7.97. The largest absolute Gasteiger partial charge is 0.445 e. The number of piperazine rings is 1. The van der Waals surface area contributed by atoms with Crippen molar-refractivity contribution in [2.75, 3.05) is 13.1 Å². The summed E-state index contributed by atoms with van der Waals surface area (Å²) in [5, 5.41) is 2.83. The maximum Gasteiger partial charge on any atom is 0.410 e. The Labute approximate surface area is 131 Å². The molecule has 1 aromatic rings. The Bertz CT molecular complexity index is 490. The van der Waals surface area contributed by atoms with Crippen molar-refractivity contribution in [2.45, 2.75) is 45.3 Å². The Morgan fingerprint density at radius 1 is 1.32 bits per heavy atom. The number of nitrogens with zero attached hydrogens (tertiary/aromatic N) is 1. The molecule has 1 fully saturated rings. The standard InChI is InChI=1S/C17H24N2O3/c1-2-3-5-10-15-16(20)18-11-12-19(15)17(21)22-13-14-8-6-4-7-9-14/h4,6-9,15H,2-3,5,10-13H2,1H3,(H,18,20). The monoisotopic (exact) mass is 304 g/mol. The van der Waals surface area contributed by atoms with Crippen molar-refractivity contribution in [2.24, 2.45) is 0 Å². The van der Waals surface area contributed by atoms with Crippen LogP contribution < -0.4 is 5.32 Å². The number of nitrogens with one attached hydrogen (secondary N) is 1. The maximum absolute atomic E-state index is 12.3. The number of rotatable bonds is 6. The van der Waals surface area contributed by atoms with E-state index >= 15 is 0 Å². The van der Waals surface area contributed by atoms with Crippen LogP contribution in [0.5, 0.6) is 0 Å². The molecule has 0 bridgehead atoms. The number of carbonyl (C=O) groups is 2. The molecule has 1 aromatic carbocycles. The molecule has 1 N–H and O–H groups in total. The summed E-state index contributed by atoms with van der Waals surface area (Å²) in [5.74, 6) is -0.0704. The molecule has 1 aliphatic heterocycles. The number of benzene rings is 1. The van der Waals surface area contributed by atoms with Gasteiger partial charge >= 0.3 is 6.09 Å². The van der Waals surface area contributed by atoms with Gasteiger partial charge in [-0.25, -0.2) is 4.79 Å². The minimum atomic E-state index is -0.403. The summed E-state index contributed by atoms with van der Waals surface area (Å²) in [7, 11) is 0. The van der Waals surface area contributed by atoms with Crippen molar-refractivity contribution in [3.05, 3.63) is 35.9 Å². The lowest BCUT2D eigenvalue weighted by Crippen LogP contribution is -2.57. The topological polar surface area (TPSA) is 58.6 Å². The molecular weight excluding hydrogens is 280 g/mol. The molecule has 0 saturated carbocycles. The zero-order chi connectivity index (χ0) is 15.8. The maximum atomic E-state index is 12.3. The van der Waals surface area contributed by atoms with Gasteiger partial charge in [0, 0.05) is 13.1 Å². The van der Waals surface area contributed by atoms with Gasteiger partial charge in [0.25, 0.3) is 0 Å². The van der Waals surface area contributed by atoms with Crippen molar-refractivity contribution in [1.82, 2.24) is 10.2 Å². The van der Waals surface area contributed by atoms with E-state index in [0.717, 1.165) is 24.8 Å². The highest BCUT2D eigenvalue weighted by atomic mass is 16.6. The van der Waals surface area contributed by atoms with E-state index in [1.807, 2.05) is 30.3 Å². The van der Waals surface area contributed by atoms with Gasteiger partial charge in [0.05, 0.1) is 0 Å². The van der Waals surface area contributed by atoms with Crippen LogP contribution in [0.25, 0.3) is 0 Å². The molecule has 1 unspecified atom stereocenters. The zero-order valence-corrected chi connectivity index (χ0v) is 13.1. The van der Waals surface area contributed by atoms with Gasteiger partial charge < -0.3 is 10.1 Å². The van der Waals surface area contributed by atoms with Gasteiger partial charge in [0.15, 0.2) is 0 Å². The molecule has 1 saturated heterocycles. The van der Waals surface area contributed by atoms with E-state index in [9.17, 15) is 9.59 Å². The highest BCUT2D eigenvalue weighted by molar-refractivity contribution is 5.86. The normalized spacial score (nSPS) is 18.0. The van der Waals surface area contributed by atoms with Crippen LogP contribution in [-0.2, 0) is 16.1 Å². The second-order valence-corrected chi connectivity index (χ2v) is 5.54. The third-order valence-corrected chi connectivity index (χ3v) is 3.85. The smallest absolute Gasteiger partial charge is 0.410 e. The quantitative estimate of drug-likeness (QED) is 0.822. The molecule has 0 radical (unpaired) electrons. The highest BCUT2D eigenvalue weighted by Crippen LogP contribution is 2.15.